The highest BCUT2D eigenvalue weighted by atomic mass is 35.5. The summed E-state index contributed by atoms with van der Waals surface area (Å²) in [6.45, 7) is 0.851. The van der Waals surface area contributed by atoms with E-state index in [0.29, 0.717) is 10.3 Å². The van der Waals surface area contributed by atoms with Crippen molar-refractivity contribution in [3.8, 4) is 10.9 Å². The van der Waals surface area contributed by atoms with Crippen LogP contribution in [0.1, 0.15) is 5.56 Å². The maximum Gasteiger partial charge on any atom is 0.280 e. The van der Waals surface area contributed by atoms with Crippen molar-refractivity contribution >= 4 is 22.9 Å². The van der Waals surface area contributed by atoms with Crippen molar-refractivity contribution in [1.29, 1.82) is 0 Å². The lowest BCUT2D eigenvalue weighted by molar-refractivity contribution is 0.478. The van der Waals surface area contributed by atoms with Crippen molar-refractivity contribution in [1.82, 2.24) is 10.3 Å². The van der Waals surface area contributed by atoms with Gasteiger partial charge in [-0.2, -0.15) is 4.98 Å². The van der Waals surface area contributed by atoms with Gasteiger partial charge >= 0.3 is 0 Å². The van der Waals surface area contributed by atoms with E-state index < -0.39 is 0 Å². The van der Waals surface area contributed by atoms with E-state index >= 15 is 0 Å². The van der Waals surface area contributed by atoms with Crippen LogP contribution in [0.4, 0.5) is 0 Å². The van der Waals surface area contributed by atoms with Gasteiger partial charge in [-0.15, -0.1) is 0 Å². The van der Waals surface area contributed by atoms with Crippen LogP contribution in [-0.2, 0) is 6.54 Å². The van der Waals surface area contributed by atoms with Gasteiger partial charge in [0.25, 0.3) is 5.19 Å². The van der Waals surface area contributed by atoms with Gasteiger partial charge in [0.05, 0.1) is 0 Å². The highest BCUT2D eigenvalue weighted by Crippen LogP contribution is 2.26. The molecule has 0 aliphatic heterocycles. The normalized spacial score (nSPS) is 10.4. The zero-order chi connectivity index (χ0) is 11.4. The summed E-state index contributed by atoms with van der Waals surface area (Å²) >= 11 is 7.09. The molecule has 2 rings (SSSR count). The second-order valence-electron chi connectivity index (χ2n) is 3.21. The summed E-state index contributed by atoms with van der Waals surface area (Å²) in [5, 5.41) is 5.86. The quantitative estimate of drug-likeness (QED) is 0.909. The fourth-order valence-corrected chi connectivity index (χ4v) is 2.07. The van der Waals surface area contributed by atoms with Crippen molar-refractivity contribution in [2.75, 3.05) is 7.05 Å². The lowest BCUT2D eigenvalue weighted by Gasteiger charge is -2.03. The summed E-state index contributed by atoms with van der Waals surface area (Å²) in [6.07, 6.45) is 0. The molecular weight excluding hydrogens is 244 g/mol. The first-order valence-corrected chi connectivity index (χ1v) is 6.06. The standard InChI is InChI=1S/C11H11ClN2OS/c1-13-6-8-2-4-9(5-3-8)15-11-14-10(12)7-16-11/h2-5,7,13H,6H2,1H3. The summed E-state index contributed by atoms with van der Waals surface area (Å²) < 4.78 is 5.53. The number of rotatable bonds is 4. The molecule has 0 spiro atoms. The van der Waals surface area contributed by atoms with Crippen LogP contribution in [-0.4, -0.2) is 12.0 Å². The predicted molar refractivity (Wildman–Crippen MR) is 66.4 cm³/mol. The number of hydrogen-bond donors (Lipinski definition) is 1. The van der Waals surface area contributed by atoms with Gasteiger partial charge in [0.1, 0.15) is 10.9 Å². The van der Waals surface area contributed by atoms with Crippen molar-refractivity contribution in [3.63, 3.8) is 0 Å². The number of hydrogen-bond acceptors (Lipinski definition) is 4. The number of thiazole rings is 1. The Morgan fingerprint density at radius 3 is 2.69 bits per heavy atom. The van der Waals surface area contributed by atoms with Gasteiger partial charge in [0, 0.05) is 11.9 Å². The molecule has 5 heteroatoms. The van der Waals surface area contributed by atoms with E-state index in [1.54, 1.807) is 5.38 Å². The minimum absolute atomic E-state index is 0.465. The van der Waals surface area contributed by atoms with Gasteiger partial charge < -0.3 is 10.1 Å². The fourth-order valence-electron chi connectivity index (χ4n) is 1.27. The molecule has 0 atom stereocenters. The van der Waals surface area contributed by atoms with Crippen molar-refractivity contribution in [2.24, 2.45) is 0 Å². The summed E-state index contributed by atoms with van der Waals surface area (Å²) in [5.74, 6) is 0.769. The van der Waals surface area contributed by atoms with E-state index in [2.05, 4.69) is 10.3 Å². The Balaban J connectivity index is 2.05. The van der Waals surface area contributed by atoms with E-state index in [1.807, 2.05) is 31.3 Å². The third kappa shape index (κ3) is 2.95. The van der Waals surface area contributed by atoms with Crippen LogP contribution in [0, 0.1) is 0 Å². The number of ether oxygens (including phenoxy) is 1. The fraction of sp³-hybridized carbons (Fsp3) is 0.182. The van der Waals surface area contributed by atoms with Gasteiger partial charge in [-0.25, -0.2) is 0 Å². The third-order valence-electron chi connectivity index (χ3n) is 1.96. The molecule has 0 aliphatic carbocycles. The number of nitrogens with zero attached hydrogens (tertiary/aromatic N) is 1. The lowest BCUT2D eigenvalue weighted by atomic mass is 10.2. The molecule has 3 nitrogen and oxygen atoms in total. The first-order valence-electron chi connectivity index (χ1n) is 4.80. The Morgan fingerprint density at radius 2 is 2.12 bits per heavy atom. The minimum Gasteiger partial charge on any atom is -0.431 e. The Morgan fingerprint density at radius 1 is 1.38 bits per heavy atom. The molecule has 0 fully saturated rings. The molecule has 0 amide bonds. The second kappa shape index (κ2) is 5.30. The van der Waals surface area contributed by atoms with Crippen LogP contribution in [0.15, 0.2) is 29.6 Å². The lowest BCUT2D eigenvalue weighted by Crippen LogP contribution is -2.04. The Labute approximate surface area is 103 Å². The van der Waals surface area contributed by atoms with Crippen molar-refractivity contribution in [2.45, 2.75) is 6.54 Å². The zero-order valence-electron chi connectivity index (χ0n) is 8.74. The first kappa shape index (κ1) is 11.4. The summed E-state index contributed by atoms with van der Waals surface area (Å²) in [7, 11) is 1.92. The minimum atomic E-state index is 0.465. The topological polar surface area (TPSA) is 34.1 Å². The molecule has 84 valence electrons. The van der Waals surface area contributed by atoms with Crippen LogP contribution in [0.5, 0.6) is 10.9 Å². The van der Waals surface area contributed by atoms with Crippen LogP contribution >= 0.6 is 22.9 Å². The molecule has 1 heterocycles. The molecule has 16 heavy (non-hydrogen) atoms. The third-order valence-corrected chi connectivity index (χ3v) is 3.00. The summed E-state index contributed by atoms with van der Waals surface area (Å²) in [4.78, 5) is 4.01. The maximum absolute atomic E-state index is 5.70. The number of benzene rings is 1. The molecule has 0 aliphatic rings. The van der Waals surface area contributed by atoms with E-state index in [1.165, 1.54) is 16.9 Å². The van der Waals surface area contributed by atoms with Crippen LogP contribution in [0.2, 0.25) is 5.15 Å². The van der Waals surface area contributed by atoms with Gasteiger partial charge in [-0.05, 0) is 24.7 Å². The Bertz CT molecular complexity index is 455. The van der Waals surface area contributed by atoms with Gasteiger partial charge in [-0.1, -0.05) is 35.1 Å². The summed E-state index contributed by atoms with van der Waals surface area (Å²) in [6, 6.07) is 7.87. The highest BCUT2D eigenvalue weighted by Gasteiger charge is 2.02. The molecule has 0 bridgehead atoms. The molecule has 2 aromatic rings. The molecule has 1 N–H and O–H groups in total. The Hall–Kier alpha value is -1.10. The second-order valence-corrected chi connectivity index (χ2v) is 4.42. The van der Waals surface area contributed by atoms with Crippen LogP contribution in [0.25, 0.3) is 0 Å². The zero-order valence-corrected chi connectivity index (χ0v) is 10.3. The molecular formula is C11H11ClN2OS. The van der Waals surface area contributed by atoms with Gasteiger partial charge in [0.2, 0.25) is 0 Å². The monoisotopic (exact) mass is 254 g/mol. The summed E-state index contributed by atoms with van der Waals surface area (Å²) in [5.41, 5.74) is 1.21. The average Bonchev–Trinajstić information content (AvgIpc) is 2.67. The molecule has 1 aromatic carbocycles. The van der Waals surface area contributed by atoms with E-state index in [9.17, 15) is 0 Å². The van der Waals surface area contributed by atoms with Gasteiger partial charge in [0.15, 0.2) is 0 Å². The molecule has 1 aromatic heterocycles. The van der Waals surface area contributed by atoms with Crippen molar-refractivity contribution in [3.05, 3.63) is 40.4 Å². The van der Waals surface area contributed by atoms with E-state index in [4.69, 9.17) is 16.3 Å². The van der Waals surface area contributed by atoms with Crippen LogP contribution < -0.4 is 10.1 Å². The predicted octanol–water partition coefficient (Wildman–Crippen LogP) is 3.31. The average molecular weight is 255 g/mol. The Kier molecular flexibility index (Phi) is 3.77. The maximum atomic E-state index is 5.70. The van der Waals surface area contributed by atoms with Crippen LogP contribution in [0.3, 0.4) is 0 Å². The largest absolute Gasteiger partial charge is 0.431 e. The smallest absolute Gasteiger partial charge is 0.280 e. The molecule has 0 saturated carbocycles. The number of nitrogens with one attached hydrogen (secondary N) is 1. The van der Waals surface area contributed by atoms with E-state index in [0.717, 1.165) is 12.3 Å². The SMILES string of the molecule is CNCc1ccc(Oc2nc(Cl)cs2)cc1. The molecule has 0 radical (unpaired) electrons. The van der Waals surface area contributed by atoms with E-state index in [-0.39, 0.29) is 0 Å². The number of halogens is 1. The van der Waals surface area contributed by atoms with Gasteiger partial charge in [-0.3, -0.25) is 0 Å². The first-order chi connectivity index (χ1) is 7.78. The van der Waals surface area contributed by atoms with Crippen molar-refractivity contribution < 1.29 is 4.74 Å². The highest BCUT2D eigenvalue weighted by molar-refractivity contribution is 7.11. The number of aromatic nitrogens is 1. The molecule has 0 unspecified atom stereocenters. The molecule has 0 saturated heterocycles.